The third-order valence-corrected chi connectivity index (χ3v) is 4.28. The fourth-order valence-corrected chi connectivity index (χ4v) is 2.55. The molecule has 7 nitrogen and oxygen atoms in total. The molecule has 2 unspecified atom stereocenters. The van der Waals surface area contributed by atoms with E-state index in [1.165, 1.54) is 12.1 Å². The van der Waals surface area contributed by atoms with Gasteiger partial charge in [-0.25, -0.2) is 0 Å². The maximum atomic E-state index is 12.2. The molecular weight excluding hydrogens is 334 g/mol. The molecule has 0 aromatic heterocycles. The van der Waals surface area contributed by atoms with E-state index in [4.69, 9.17) is 10.5 Å². The Hall–Kier alpha value is -1.86. The van der Waals surface area contributed by atoms with Gasteiger partial charge in [-0.05, 0) is 19.1 Å². The van der Waals surface area contributed by atoms with Crippen LogP contribution in [0.1, 0.15) is 26.7 Å². The molecule has 24 heavy (non-hydrogen) atoms. The Labute approximate surface area is 147 Å². The fraction of sp³-hybridized carbons (Fsp3) is 0.562. The third kappa shape index (κ3) is 5.07. The predicted octanol–water partition coefficient (Wildman–Crippen LogP) is 2.37. The largest absolute Gasteiger partial charge is 0.490 e. The van der Waals surface area contributed by atoms with E-state index in [9.17, 15) is 14.9 Å². The predicted molar refractivity (Wildman–Crippen MR) is 93.4 cm³/mol. The maximum Gasteiger partial charge on any atom is 0.269 e. The lowest BCUT2D eigenvalue weighted by Crippen LogP contribution is -2.47. The van der Waals surface area contributed by atoms with Crippen molar-refractivity contribution in [1.29, 1.82) is 0 Å². The van der Waals surface area contributed by atoms with Gasteiger partial charge >= 0.3 is 0 Å². The number of ether oxygens (including phenoxy) is 1. The molecule has 2 rings (SSSR count). The summed E-state index contributed by atoms with van der Waals surface area (Å²) >= 11 is 0. The van der Waals surface area contributed by atoms with Crippen molar-refractivity contribution >= 4 is 24.0 Å². The van der Waals surface area contributed by atoms with Crippen molar-refractivity contribution in [2.75, 3.05) is 13.1 Å². The van der Waals surface area contributed by atoms with Gasteiger partial charge in [-0.1, -0.05) is 6.92 Å². The van der Waals surface area contributed by atoms with Crippen LogP contribution >= 0.6 is 12.4 Å². The van der Waals surface area contributed by atoms with Gasteiger partial charge in [-0.15, -0.1) is 12.4 Å². The number of non-ortho nitro benzene ring substituents is 1. The average molecular weight is 358 g/mol. The normalized spacial score (nSPS) is 17.5. The number of amides is 1. The molecule has 1 amide bonds. The van der Waals surface area contributed by atoms with Crippen molar-refractivity contribution in [3.05, 3.63) is 34.4 Å². The highest BCUT2D eigenvalue weighted by atomic mass is 35.5. The zero-order valence-corrected chi connectivity index (χ0v) is 14.7. The van der Waals surface area contributed by atoms with Crippen LogP contribution in [-0.4, -0.2) is 41.0 Å². The van der Waals surface area contributed by atoms with Crippen LogP contribution in [0.2, 0.25) is 0 Å². The minimum absolute atomic E-state index is 0. The fourth-order valence-electron chi connectivity index (χ4n) is 2.55. The molecule has 0 radical (unpaired) electrons. The molecule has 1 aliphatic rings. The van der Waals surface area contributed by atoms with Crippen LogP contribution in [-0.2, 0) is 4.79 Å². The molecule has 1 aromatic rings. The minimum atomic E-state index is -0.437. The number of nitrogens with zero attached hydrogens (tertiary/aromatic N) is 2. The second kappa shape index (κ2) is 8.84. The minimum Gasteiger partial charge on any atom is -0.490 e. The Morgan fingerprint density at radius 1 is 1.29 bits per heavy atom. The topological polar surface area (TPSA) is 98.7 Å². The van der Waals surface area contributed by atoms with Gasteiger partial charge < -0.3 is 15.4 Å². The number of benzene rings is 1. The Morgan fingerprint density at radius 2 is 1.83 bits per heavy atom. The van der Waals surface area contributed by atoms with Crippen molar-refractivity contribution in [2.24, 2.45) is 11.7 Å². The summed E-state index contributed by atoms with van der Waals surface area (Å²) in [5, 5.41) is 10.6. The Bertz CT molecular complexity index is 557. The number of hydrogen-bond donors (Lipinski definition) is 1. The van der Waals surface area contributed by atoms with Crippen molar-refractivity contribution in [3.8, 4) is 5.75 Å². The van der Waals surface area contributed by atoms with Gasteiger partial charge in [0.25, 0.3) is 5.69 Å². The first-order valence-corrected chi connectivity index (χ1v) is 7.84. The highest BCUT2D eigenvalue weighted by molar-refractivity contribution is 5.85. The van der Waals surface area contributed by atoms with Crippen LogP contribution in [0.15, 0.2) is 24.3 Å². The van der Waals surface area contributed by atoms with E-state index < -0.39 is 4.92 Å². The molecule has 2 atom stereocenters. The third-order valence-electron chi connectivity index (χ3n) is 4.28. The SMILES string of the molecule is CC(N)C(C)C(=O)N1CCC(Oc2ccc([N+](=O)[O-])cc2)CC1.Cl. The molecule has 0 bridgehead atoms. The molecule has 134 valence electrons. The molecule has 2 N–H and O–H groups in total. The van der Waals surface area contributed by atoms with Crippen molar-refractivity contribution < 1.29 is 14.5 Å². The zero-order chi connectivity index (χ0) is 17.0. The molecule has 0 spiro atoms. The number of nitrogens with two attached hydrogens (primary N) is 1. The highest BCUT2D eigenvalue weighted by Crippen LogP contribution is 2.22. The average Bonchev–Trinajstić information content (AvgIpc) is 2.54. The summed E-state index contributed by atoms with van der Waals surface area (Å²) in [6, 6.07) is 5.91. The number of piperidine rings is 1. The molecule has 1 heterocycles. The maximum absolute atomic E-state index is 12.2. The molecule has 1 aromatic carbocycles. The van der Waals surface area contributed by atoms with Crippen LogP contribution in [0.4, 0.5) is 5.69 Å². The van der Waals surface area contributed by atoms with Gasteiger partial charge in [0.1, 0.15) is 11.9 Å². The second-order valence-corrected chi connectivity index (χ2v) is 6.04. The van der Waals surface area contributed by atoms with E-state index in [0.29, 0.717) is 18.8 Å². The van der Waals surface area contributed by atoms with E-state index in [-0.39, 0.29) is 42.1 Å². The molecule has 8 heteroatoms. The number of nitro groups is 1. The van der Waals surface area contributed by atoms with Crippen LogP contribution < -0.4 is 10.5 Å². The van der Waals surface area contributed by atoms with Gasteiger partial charge in [-0.3, -0.25) is 14.9 Å². The van der Waals surface area contributed by atoms with Gasteiger partial charge in [-0.2, -0.15) is 0 Å². The number of likely N-dealkylation sites (tertiary alicyclic amines) is 1. The monoisotopic (exact) mass is 357 g/mol. The molecule has 0 aliphatic carbocycles. The summed E-state index contributed by atoms with van der Waals surface area (Å²) in [5.41, 5.74) is 5.83. The first kappa shape index (κ1) is 20.2. The lowest BCUT2D eigenvalue weighted by atomic mass is 10.0. The van der Waals surface area contributed by atoms with Crippen LogP contribution in [0.25, 0.3) is 0 Å². The molecule has 1 aliphatic heterocycles. The van der Waals surface area contributed by atoms with Crippen LogP contribution in [0.5, 0.6) is 5.75 Å². The Morgan fingerprint density at radius 3 is 2.29 bits per heavy atom. The highest BCUT2D eigenvalue weighted by Gasteiger charge is 2.28. The number of carbonyl (C=O) groups is 1. The lowest BCUT2D eigenvalue weighted by Gasteiger charge is -2.34. The molecule has 1 saturated heterocycles. The summed E-state index contributed by atoms with van der Waals surface area (Å²) in [6.07, 6.45) is 1.51. The Kier molecular flexibility index (Phi) is 7.44. The van der Waals surface area contributed by atoms with Crippen molar-refractivity contribution in [3.63, 3.8) is 0 Å². The lowest BCUT2D eigenvalue weighted by molar-refractivity contribution is -0.384. The summed E-state index contributed by atoms with van der Waals surface area (Å²) in [5.74, 6) is 0.528. The van der Waals surface area contributed by atoms with Crippen LogP contribution in [0.3, 0.4) is 0 Å². The van der Waals surface area contributed by atoms with E-state index in [1.807, 2.05) is 18.7 Å². The number of hydrogen-bond acceptors (Lipinski definition) is 5. The van der Waals surface area contributed by atoms with Gasteiger partial charge in [0.2, 0.25) is 5.91 Å². The van der Waals surface area contributed by atoms with Crippen molar-refractivity contribution in [1.82, 2.24) is 4.90 Å². The smallest absolute Gasteiger partial charge is 0.269 e. The number of rotatable bonds is 5. The summed E-state index contributed by atoms with van der Waals surface area (Å²) in [6.45, 7) is 4.99. The second-order valence-electron chi connectivity index (χ2n) is 6.04. The van der Waals surface area contributed by atoms with Crippen molar-refractivity contribution in [2.45, 2.75) is 38.8 Å². The standard InChI is InChI=1S/C16H23N3O4.ClH/c1-11(12(2)17)16(20)18-9-7-15(8-10-18)23-14-5-3-13(4-6-14)19(21)22;/h3-6,11-12,15H,7-10,17H2,1-2H3;1H. The van der Waals surface area contributed by atoms with E-state index in [1.54, 1.807) is 12.1 Å². The number of nitro benzene ring substituents is 1. The summed E-state index contributed by atoms with van der Waals surface area (Å²) in [7, 11) is 0. The first-order valence-electron chi connectivity index (χ1n) is 7.84. The number of halogens is 1. The summed E-state index contributed by atoms with van der Waals surface area (Å²) in [4.78, 5) is 24.3. The Balaban J connectivity index is 0.00000288. The van der Waals surface area contributed by atoms with Gasteiger partial charge in [0.05, 0.1) is 10.8 Å². The van der Waals surface area contributed by atoms with E-state index in [0.717, 1.165) is 12.8 Å². The van der Waals surface area contributed by atoms with E-state index in [2.05, 4.69) is 0 Å². The van der Waals surface area contributed by atoms with Crippen LogP contribution in [0, 0.1) is 16.0 Å². The quantitative estimate of drug-likeness (QED) is 0.644. The molecular formula is C16H24ClN3O4. The zero-order valence-electron chi connectivity index (χ0n) is 13.9. The summed E-state index contributed by atoms with van der Waals surface area (Å²) < 4.78 is 5.84. The molecule has 0 saturated carbocycles. The van der Waals surface area contributed by atoms with E-state index >= 15 is 0 Å². The van der Waals surface area contributed by atoms with Gasteiger partial charge in [0, 0.05) is 44.1 Å². The number of carbonyl (C=O) groups excluding carboxylic acids is 1. The first-order chi connectivity index (χ1) is 10.9. The molecule has 1 fully saturated rings. The van der Waals surface area contributed by atoms with Gasteiger partial charge in [0.15, 0.2) is 0 Å².